The Labute approximate surface area is 188 Å². The third kappa shape index (κ3) is 3.20. The van der Waals surface area contributed by atoms with E-state index >= 15 is 0 Å². The average molecular weight is 435 g/mol. The molecule has 0 bridgehead atoms. The number of H-pyrrole nitrogens is 1. The standard InChI is InChI=1S/C26H21N5O2/c1-3-31(4-2)16-10-9-15-11-17(26(32)33-24(15)12-16)25-29-22-13-20-21(14-23(22)30-25)28-19-8-6-5-7-18(19)27-20/h5-14,27H,3-4H2,1-2H3. The van der Waals surface area contributed by atoms with E-state index in [-0.39, 0.29) is 0 Å². The van der Waals surface area contributed by atoms with Gasteiger partial charge in [0.15, 0.2) is 5.82 Å². The van der Waals surface area contributed by atoms with Crippen LogP contribution in [0.1, 0.15) is 13.8 Å². The molecule has 0 amide bonds. The van der Waals surface area contributed by atoms with Crippen LogP contribution in [0.5, 0.6) is 0 Å². The molecule has 0 aliphatic heterocycles. The van der Waals surface area contributed by atoms with Gasteiger partial charge < -0.3 is 14.3 Å². The molecule has 3 aromatic heterocycles. The first kappa shape index (κ1) is 19.4. The Morgan fingerprint density at radius 1 is 0.818 bits per heavy atom. The highest BCUT2D eigenvalue weighted by Crippen LogP contribution is 2.27. The number of nitrogens with zero attached hydrogens (tertiary/aromatic N) is 4. The maximum absolute atomic E-state index is 12.8. The maximum atomic E-state index is 12.8. The number of aromatic amines is 1. The van der Waals surface area contributed by atoms with Crippen molar-refractivity contribution < 1.29 is 4.42 Å². The number of hydrogen-bond acceptors (Lipinski definition) is 6. The van der Waals surface area contributed by atoms with Gasteiger partial charge in [0.2, 0.25) is 0 Å². The maximum Gasteiger partial charge on any atom is 0.347 e. The van der Waals surface area contributed by atoms with Gasteiger partial charge in [0, 0.05) is 30.2 Å². The SMILES string of the molecule is CCN(CC)c1ccc2cc(-c3nc4cc5nc6ccccc6[nH]c5cc4n3)c(=O)oc2c1. The van der Waals surface area contributed by atoms with E-state index in [1.54, 1.807) is 6.07 Å². The molecule has 0 saturated heterocycles. The summed E-state index contributed by atoms with van der Waals surface area (Å²) in [7, 11) is 0. The molecule has 0 unspecified atom stereocenters. The zero-order valence-corrected chi connectivity index (χ0v) is 18.3. The number of fused-ring (bicyclic) bond motifs is 4. The predicted molar refractivity (Wildman–Crippen MR) is 132 cm³/mol. The average Bonchev–Trinajstić information content (AvgIpc) is 3.24. The van der Waals surface area contributed by atoms with Crippen molar-refractivity contribution in [2.45, 2.75) is 13.8 Å². The molecule has 3 aromatic carbocycles. The Balaban J connectivity index is 1.48. The minimum Gasteiger partial charge on any atom is -0.422 e. The van der Waals surface area contributed by atoms with Crippen LogP contribution < -0.4 is 10.5 Å². The summed E-state index contributed by atoms with van der Waals surface area (Å²) in [5.74, 6) is 0.355. The second kappa shape index (κ2) is 7.41. The van der Waals surface area contributed by atoms with Crippen molar-refractivity contribution in [1.29, 1.82) is 0 Å². The fourth-order valence-electron chi connectivity index (χ4n) is 4.30. The van der Waals surface area contributed by atoms with Crippen LogP contribution in [0, 0.1) is 0 Å². The van der Waals surface area contributed by atoms with Crippen molar-refractivity contribution in [3.8, 4) is 11.4 Å². The first-order chi connectivity index (χ1) is 16.1. The second-order valence-electron chi connectivity index (χ2n) is 8.00. The lowest BCUT2D eigenvalue weighted by molar-refractivity contribution is 0.563. The first-order valence-electron chi connectivity index (χ1n) is 11.0. The summed E-state index contributed by atoms with van der Waals surface area (Å²) in [6.45, 7) is 5.97. The van der Waals surface area contributed by atoms with Gasteiger partial charge in [0.1, 0.15) is 11.1 Å². The normalized spacial score (nSPS) is 11.7. The number of para-hydroxylation sites is 2. The summed E-state index contributed by atoms with van der Waals surface area (Å²) in [5.41, 5.74) is 6.35. The molecule has 1 N–H and O–H groups in total. The second-order valence-corrected chi connectivity index (χ2v) is 8.00. The van der Waals surface area contributed by atoms with E-state index in [0.29, 0.717) is 28.0 Å². The highest BCUT2D eigenvalue weighted by Gasteiger charge is 2.15. The van der Waals surface area contributed by atoms with Gasteiger partial charge in [0.25, 0.3) is 0 Å². The van der Waals surface area contributed by atoms with Crippen molar-refractivity contribution in [3.63, 3.8) is 0 Å². The van der Waals surface area contributed by atoms with E-state index in [0.717, 1.165) is 46.2 Å². The number of hydrogen-bond donors (Lipinski definition) is 1. The highest BCUT2D eigenvalue weighted by molar-refractivity contribution is 5.96. The third-order valence-corrected chi connectivity index (χ3v) is 6.05. The Kier molecular flexibility index (Phi) is 4.36. The van der Waals surface area contributed by atoms with Gasteiger partial charge in [-0.2, -0.15) is 0 Å². The van der Waals surface area contributed by atoms with E-state index in [9.17, 15) is 4.79 Å². The summed E-state index contributed by atoms with van der Waals surface area (Å²) in [6, 6.07) is 19.4. The predicted octanol–water partition coefficient (Wildman–Crippen LogP) is 5.28. The quantitative estimate of drug-likeness (QED) is 0.299. The molecule has 0 aliphatic rings. The molecule has 0 fully saturated rings. The fourth-order valence-corrected chi connectivity index (χ4v) is 4.30. The minimum absolute atomic E-state index is 0.348. The fraction of sp³-hybridized carbons (Fsp3) is 0.154. The van der Waals surface area contributed by atoms with Crippen LogP contribution in [0.4, 0.5) is 5.69 Å². The van der Waals surface area contributed by atoms with E-state index in [4.69, 9.17) is 9.40 Å². The Morgan fingerprint density at radius 3 is 2.42 bits per heavy atom. The number of rotatable bonds is 4. The molecule has 7 heteroatoms. The largest absolute Gasteiger partial charge is 0.422 e. The van der Waals surface area contributed by atoms with Crippen molar-refractivity contribution in [3.05, 3.63) is 71.1 Å². The third-order valence-electron chi connectivity index (χ3n) is 6.05. The first-order valence-corrected chi connectivity index (χ1v) is 11.0. The molecular formula is C26H21N5O2. The summed E-state index contributed by atoms with van der Waals surface area (Å²) >= 11 is 0. The minimum atomic E-state index is -0.450. The van der Waals surface area contributed by atoms with E-state index in [2.05, 4.69) is 33.7 Å². The van der Waals surface area contributed by atoms with Gasteiger partial charge in [-0.15, -0.1) is 0 Å². The van der Waals surface area contributed by atoms with Crippen LogP contribution in [0.3, 0.4) is 0 Å². The molecule has 0 aliphatic carbocycles. The van der Waals surface area contributed by atoms with Crippen molar-refractivity contribution in [1.82, 2.24) is 19.9 Å². The monoisotopic (exact) mass is 435 g/mol. The summed E-state index contributed by atoms with van der Waals surface area (Å²) in [6.07, 6.45) is 0. The summed E-state index contributed by atoms with van der Waals surface area (Å²) in [5, 5.41) is 0.834. The number of aromatic nitrogens is 4. The van der Waals surface area contributed by atoms with Gasteiger partial charge in [0.05, 0.1) is 33.1 Å². The molecule has 7 nitrogen and oxygen atoms in total. The van der Waals surface area contributed by atoms with Crippen LogP contribution in [-0.4, -0.2) is 33.0 Å². The Bertz CT molecular complexity index is 1660. The molecule has 0 spiro atoms. The van der Waals surface area contributed by atoms with E-state index in [1.807, 2.05) is 54.6 Å². The lowest BCUT2D eigenvalue weighted by Gasteiger charge is -2.20. The molecule has 6 rings (SSSR count). The van der Waals surface area contributed by atoms with Crippen LogP contribution in [0.15, 0.2) is 69.9 Å². The van der Waals surface area contributed by atoms with E-state index in [1.165, 1.54) is 0 Å². The Morgan fingerprint density at radius 2 is 1.61 bits per heavy atom. The summed E-state index contributed by atoms with van der Waals surface area (Å²) < 4.78 is 5.67. The topological polar surface area (TPSA) is 87.9 Å². The number of benzene rings is 3. The number of imidazole rings is 1. The van der Waals surface area contributed by atoms with Gasteiger partial charge in [-0.25, -0.2) is 19.7 Å². The molecule has 3 heterocycles. The van der Waals surface area contributed by atoms with Gasteiger partial charge in [-0.3, -0.25) is 0 Å². The lowest BCUT2D eigenvalue weighted by atomic mass is 10.1. The number of anilines is 1. The number of nitrogens with one attached hydrogen (secondary N) is 1. The van der Waals surface area contributed by atoms with Crippen LogP contribution in [0.25, 0.3) is 55.5 Å². The van der Waals surface area contributed by atoms with Crippen LogP contribution in [-0.2, 0) is 0 Å². The van der Waals surface area contributed by atoms with E-state index < -0.39 is 5.63 Å². The molecule has 33 heavy (non-hydrogen) atoms. The van der Waals surface area contributed by atoms with Crippen molar-refractivity contribution in [2.75, 3.05) is 18.0 Å². The van der Waals surface area contributed by atoms with Gasteiger partial charge in [-0.1, -0.05) is 12.1 Å². The zero-order chi connectivity index (χ0) is 22.5. The smallest absolute Gasteiger partial charge is 0.347 e. The highest BCUT2D eigenvalue weighted by atomic mass is 16.4. The molecule has 162 valence electrons. The Hall–Kier alpha value is -4.26. The van der Waals surface area contributed by atoms with Gasteiger partial charge >= 0.3 is 5.63 Å². The van der Waals surface area contributed by atoms with Gasteiger partial charge in [-0.05, 0) is 56.3 Å². The summed E-state index contributed by atoms with van der Waals surface area (Å²) in [4.78, 5) is 32.4. The molecule has 0 saturated carbocycles. The van der Waals surface area contributed by atoms with Crippen molar-refractivity contribution >= 4 is 49.8 Å². The lowest BCUT2D eigenvalue weighted by Crippen LogP contribution is -2.21. The molecule has 0 atom stereocenters. The zero-order valence-electron chi connectivity index (χ0n) is 18.3. The van der Waals surface area contributed by atoms with Crippen molar-refractivity contribution in [2.24, 2.45) is 0 Å². The molecule has 6 aromatic rings. The molecule has 0 radical (unpaired) electrons. The van der Waals surface area contributed by atoms with Crippen LogP contribution in [0.2, 0.25) is 0 Å². The molecular weight excluding hydrogens is 414 g/mol. The van der Waals surface area contributed by atoms with Crippen LogP contribution >= 0.6 is 0 Å².